The number of benzene rings is 8. The third-order valence-electron chi connectivity index (χ3n) is 18.2. The van der Waals surface area contributed by atoms with Crippen molar-refractivity contribution in [2.24, 2.45) is 5.92 Å². The van der Waals surface area contributed by atoms with Gasteiger partial charge in [-0.05, 0) is 125 Å². The summed E-state index contributed by atoms with van der Waals surface area (Å²) in [5.41, 5.74) is 18.3. The van der Waals surface area contributed by atoms with Crippen LogP contribution in [0.3, 0.4) is 0 Å². The number of allylic oxidation sites excluding steroid dienone is 1. The normalized spacial score (nSPS) is 19.7. The molecule has 350 valence electrons. The molecule has 0 saturated heterocycles. The molecule has 4 nitrogen and oxygen atoms in total. The van der Waals surface area contributed by atoms with E-state index in [4.69, 9.17) is 9.47 Å². The van der Waals surface area contributed by atoms with Crippen molar-refractivity contribution in [2.75, 3.05) is 0 Å². The average Bonchev–Trinajstić information content (AvgIpc) is 4.28. The minimum atomic E-state index is -0.110. The van der Waals surface area contributed by atoms with Crippen LogP contribution in [-0.4, -0.2) is 28.7 Å². The number of ether oxygens (including phenoxy) is 2. The van der Waals surface area contributed by atoms with Gasteiger partial charge in [0.05, 0.1) is 27.8 Å². The van der Waals surface area contributed by atoms with Crippen molar-refractivity contribution in [2.45, 2.75) is 90.9 Å². The first-order valence-corrected chi connectivity index (χ1v) is 28.5. The van der Waals surface area contributed by atoms with Crippen molar-refractivity contribution < 1.29 is 9.47 Å². The number of fused-ring (bicyclic) bond motifs is 14. The predicted molar refractivity (Wildman–Crippen MR) is 307 cm³/mol. The summed E-state index contributed by atoms with van der Waals surface area (Å²) in [6.45, 7) is 2.53. The lowest BCUT2D eigenvalue weighted by molar-refractivity contribution is 0.204. The number of aromatic nitrogens is 2. The number of hydrogen-bond donors (Lipinski definition) is 0. The molecule has 17 rings (SSSR count). The molecule has 0 amide bonds. The second kappa shape index (κ2) is 15.6. The summed E-state index contributed by atoms with van der Waals surface area (Å²) in [6, 6.07) is 60.3. The molecule has 10 aromatic rings. The fourth-order valence-corrected chi connectivity index (χ4v) is 17.3. The van der Waals surface area contributed by atoms with E-state index in [9.17, 15) is 0 Å². The standard InChI is InChI=1S/C65H50B2N2O2S2/c1-37-55(69-53-24-12-8-20-45(53)46-21-9-13-25-54(46)69)35-62-64-65(37)71-57-31-41(39-16-4-5-17-39)27-29-48(57)67(64)50-34-49-59(36-60(50)73-62)72-61-33-42(68-51-22-10-6-18-43(51)44-19-7-11-23-52(44)68)32-58-63(61)66(49)47-28-26-40(30-56(47)70-58)38-14-2-3-15-38/h6-13,18-39,65H,2-5,14-17H2,1H3. The van der Waals surface area contributed by atoms with Gasteiger partial charge in [-0.1, -0.05) is 170 Å². The minimum absolute atomic E-state index is 0.0347. The Morgan fingerprint density at radius 2 is 1.01 bits per heavy atom. The molecule has 6 heterocycles. The Morgan fingerprint density at radius 3 is 1.63 bits per heavy atom. The van der Waals surface area contributed by atoms with Gasteiger partial charge in [0.1, 0.15) is 23.4 Å². The SMILES string of the molecule is CC1C(n2c3ccccc3c3ccccc32)=CC2=C3B(c4ccc(C5CCCC5)cc4OC31)c1cc3c(cc1S2)Sc1cc(-n2c4ccccc4c4ccccc42)cc2c1B3c1ccc(C3CCCC3)cc1O2. The summed E-state index contributed by atoms with van der Waals surface area (Å²) in [4.78, 5) is 5.28. The van der Waals surface area contributed by atoms with Crippen molar-refractivity contribution in [3.8, 4) is 22.9 Å². The van der Waals surface area contributed by atoms with Gasteiger partial charge in [-0.3, -0.25) is 0 Å². The third kappa shape index (κ3) is 5.97. The number of rotatable bonds is 4. The largest absolute Gasteiger partial charge is 0.487 e. The van der Waals surface area contributed by atoms with E-state index in [0.29, 0.717) is 11.8 Å². The Balaban J connectivity index is 0.881. The van der Waals surface area contributed by atoms with E-state index in [-0.39, 0.29) is 25.4 Å². The topological polar surface area (TPSA) is 28.3 Å². The van der Waals surface area contributed by atoms with Gasteiger partial charge < -0.3 is 18.6 Å². The van der Waals surface area contributed by atoms with E-state index in [1.807, 2.05) is 23.5 Å². The van der Waals surface area contributed by atoms with Crippen LogP contribution in [0, 0.1) is 5.92 Å². The van der Waals surface area contributed by atoms with Crippen molar-refractivity contribution in [3.05, 3.63) is 185 Å². The van der Waals surface area contributed by atoms with Gasteiger partial charge in [-0.25, -0.2) is 0 Å². The zero-order chi connectivity index (χ0) is 47.6. The molecule has 2 fully saturated rings. The van der Waals surface area contributed by atoms with Gasteiger partial charge >= 0.3 is 0 Å². The third-order valence-corrected chi connectivity index (χ3v) is 20.5. The van der Waals surface area contributed by atoms with E-state index >= 15 is 0 Å². The zero-order valence-electron chi connectivity index (χ0n) is 40.7. The van der Waals surface area contributed by atoms with Gasteiger partial charge in [0.25, 0.3) is 6.71 Å². The smallest absolute Gasteiger partial charge is 0.253 e. The Bertz CT molecular complexity index is 4030. The molecule has 0 radical (unpaired) electrons. The van der Waals surface area contributed by atoms with E-state index in [2.05, 4.69) is 180 Å². The molecule has 2 aromatic heterocycles. The summed E-state index contributed by atoms with van der Waals surface area (Å²) in [7, 11) is 0. The second-order valence-corrected chi connectivity index (χ2v) is 24.1. The average molecular weight is 977 g/mol. The predicted octanol–water partition coefficient (Wildman–Crippen LogP) is 13.8. The summed E-state index contributed by atoms with van der Waals surface area (Å²) in [5, 5.41) is 5.12. The quantitative estimate of drug-likeness (QED) is 0.164. The summed E-state index contributed by atoms with van der Waals surface area (Å²) >= 11 is 3.90. The highest BCUT2D eigenvalue weighted by Gasteiger charge is 2.49. The molecule has 0 spiro atoms. The molecule has 2 unspecified atom stereocenters. The fourth-order valence-electron chi connectivity index (χ4n) is 14.8. The lowest BCUT2D eigenvalue weighted by atomic mass is 9.31. The monoisotopic (exact) mass is 976 g/mol. The molecule has 2 saturated carbocycles. The molecule has 8 aromatic carbocycles. The zero-order valence-corrected chi connectivity index (χ0v) is 42.4. The highest BCUT2D eigenvalue weighted by molar-refractivity contribution is 8.04. The molecular weight excluding hydrogens is 926 g/mol. The Morgan fingerprint density at radius 1 is 0.479 bits per heavy atom. The molecule has 0 bridgehead atoms. The molecule has 8 heteroatoms. The van der Waals surface area contributed by atoms with Gasteiger partial charge in [0.2, 0.25) is 6.71 Å². The van der Waals surface area contributed by atoms with Gasteiger partial charge in [-0.15, -0.1) is 0 Å². The lowest BCUT2D eigenvalue weighted by Gasteiger charge is -2.44. The minimum Gasteiger partial charge on any atom is -0.487 e. The molecule has 4 aliphatic heterocycles. The molecule has 7 aliphatic rings. The van der Waals surface area contributed by atoms with Crippen LogP contribution in [0.4, 0.5) is 0 Å². The maximum atomic E-state index is 7.53. The Hall–Kier alpha value is -6.73. The van der Waals surface area contributed by atoms with E-state index in [0.717, 1.165) is 22.9 Å². The number of para-hydroxylation sites is 4. The fraction of sp³-hybridized carbons (Fsp3) is 0.200. The molecule has 73 heavy (non-hydrogen) atoms. The van der Waals surface area contributed by atoms with Crippen LogP contribution in [0.2, 0.25) is 0 Å². The maximum Gasteiger partial charge on any atom is 0.253 e. The first kappa shape index (κ1) is 41.7. The van der Waals surface area contributed by atoms with Crippen molar-refractivity contribution >= 4 is 114 Å². The van der Waals surface area contributed by atoms with Crippen LogP contribution in [0.1, 0.15) is 81.3 Å². The Labute approximate surface area is 434 Å². The second-order valence-electron chi connectivity index (χ2n) is 22.0. The maximum absolute atomic E-state index is 7.53. The summed E-state index contributed by atoms with van der Waals surface area (Å²) < 4.78 is 19.8. The van der Waals surface area contributed by atoms with E-state index in [1.54, 1.807) is 0 Å². The first-order valence-electron chi connectivity index (χ1n) is 26.9. The number of nitrogens with zero attached hydrogens (tertiary/aromatic N) is 2. The van der Waals surface area contributed by atoms with Crippen LogP contribution >= 0.6 is 23.5 Å². The van der Waals surface area contributed by atoms with E-state index < -0.39 is 0 Å². The molecule has 3 aliphatic carbocycles. The van der Waals surface area contributed by atoms with Crippen LogP contribution < -0.4 is 36.8 Å². The highest BCUT2D eigenvalue weighted by atomic mass is 32.2. The first-order chi connectivity index (χ1) is 36.1. The number of thioether (sulfide) groups is 1. The van der Waals surface area contributed by atoms with Crippen LogP contribution in [0.5, 0.6) is 17.2 Å². The van der Waals surface area contributed by atoms with E-state index in [1.165, 1.54) is 164 Å². The van der Waals surface area contributed by atoms with Gasteiger partial charge in [-0.2, -0.15) is 0 Å². The molecule has 0 N–H and O–H groups in total. The molecule has 2 atom stereocenters. The van der Waals surface area contributed by atoms with Crippen LogP contribution in [0.25, 0.3) is 55.0 Å². The van der Waals surface area contributed by atoms with Crippen LogP contribution in [0.15, 0.2) is 189 Å². The summed E-state index contributed by atoms with van der Waals surface area (Å²) in [5.74, 6) is 4.36. The van der Waals surface area contributed by atoms with Crippen molar-refractivity contribution in [1.29, 1.82) is 0 Å². The van der Waals surface area contributed by atoms with Crippen LogP contribution in [-0.2, 0) is 0 Å². The highest BCUT2D eigenvalue weighted by Crippen LogP contribution is 2.51. The number of hydrogen-bond acceptors (Lipinski definition) is 4. The Kier molecular flexibility index (Phi) is 8.94. The summed E-state index contributed by atoms with van der Waals surface area (Å²) in [6.07, 6.45) is 12.7. The lowest BCUT2D eigenvalue weighted by Crippen LogP contribution is -2.61. The van der Waals surface area contributed by atoms with Crippen molar-refractivity contribution in [3.63, 3.8) is 0 Å². The van der Waals surface area contributed by atoms with Crippen molar-refractivity contribution in [1.82, 2.24) is 9.13 Å². The van der Waals surface area contributed by atoms with Gasteiger partial charge in [0.15, 0.2) is 0 Å². The molecular formula is C65H50B2N2O2S2. The van der Waals surface area contributed by atoms with Gasteiger partial charge in [0, 0.05) is 58.8 Å².